The first-order valence-electron chi connectivity index (χ1n) is 3.33. The fraction of sp³-hybridized carbons (Fsp3) is 0.222. The summed E-state index contributed by atoms with van der Waals surface area (Å²) in [4.78, 5) is 8.00. The fourth-order valence-corrected chi connectivity index (χ4v) is 1.08. The maximum atomic E-state index is 8.00. The van der Waals surface area contributed by atoms with E-state index in [2.05, 4.69) is 0 Å². The van der Waals surface area contributed by atoms with Gasteiger partial charge in [-0.25, -0.2) is 0 Å². The Hall–Kier alpha value is -1.02. The molecule has 0 radical (unpaired) electrons. The smallest absolute Gasteiger partial charge is 0.137 e. The Kier molecular flexibility index (Phi) is 5.13. The number of hydrogen-bond acceptors (Lipinski definition) is 2. The van der Waals surface area contributed by atoms with Crippen molar-refractivity contribution < 1.29 is 9.53 Å². The molecular formula is C9H11ClO2. The van der Waals surface area contributed by atoms with Crippen LogP contribution in [0.1, 0.15) is 5.56 Å². The Morgan fingerprint density at radius 2 is 2.00 bits per heavy atom. The van der Waals surface area contributed by atoms with Gasteiger partial charge in [-0.05, 0) is 24.6 Å². The highest BCUT2D eigenvalue weighted by Gasteiger charge is 1.97. The molecule has 0 atom stereocenters. The van der Waals surface area contributed by atoms with Gasteiger partial charge in [-0.1, -0.05) is 17.7 Å². The molecule has 0 saturated heterocycles. The van der Waals surface area contributed by atoms with Crippen molar-refractivity contribution in [2.45, 2.75) is 6.92 Å². The molecule has 12 heavy (non-hydrogen) atoms. The summed E-state index contributed by atoms with van der Waals surface area (Å²) in [5, 5.41) is 0.669. The Balaban J connectivity index is 0.000000561. The third-order valence-electron chi connectivity index (χ3n) is 1.31. The highest BCUT2D eigenvalue weighted by Crippen LogP contribution is 2.24. The second-order valence-electron chi connectivity index (χ2n) is 2.14. The number of benzene rings is 1. The Morgan fingerprint density at radius 3 is 2.42 bits per heavy atom. The summed E-state index contributed by atoms with van der Waals surface area (Å²) in [7, 11) is 1.61. The molecule has 0 aliphatic carbocycles. The Bertz CT molecular complexity index is 248. The minimum absolute atomic E-state index is 0.669. The molecule has 0 unspecified atom stereocenters. The number of rotatable bonds is 1. The lowest BCUT2D eigenvalue weighted by atomic mass is 10.2. The number of ether oxygens (including phenoxy) is 1. The zero-order chi connectivity index (χ0) is 9.56. The second-order valence-corrected chi connectivity index (χ2v) is 2.55. The summed E-state index contributed by atoms with van der Waals surface area (Å²) >= 11 is 5.80. The summed E-state index contributed by atoms with van der Waals surface area (Å²) in [5.74, 6) is 0.729. The first-order valence-corrected chi connectivity index (χ1v) is 3.71. The average Bonchev–Trinajstić information content (AvgIpc) is 2.08. The van der Waals surface area contributed by atoms with Gasteiger partial charge in [0.1, 0.15) is 12.5 Å². The van der Waals surface area contributed by atoms with E-state index in [-0.39, 0.29) is 0 Å². The lowest BCUT2D eigenvalue weighted by molar-refractivity contribution is -0.0979. The van der Waals surface area contributed by atoms with Crippen LogP contribution in [0.5, 0.6) is 5.75 Å². The van der Waals surface area contributed by atoms with Crippen molar-refractivity contribution in [1.29, 1.82) is 0 Å². The molecule has 0 heterocycles. The van der Waals surface area contributed by atoms with Crippen LogP contribution in [-0.2, 0) is 4.79 Å². The van der Waals surface area contributed by atoms with E-state index in [1.165, 1.54) is 0 Å². The molecule has 1 aromatic rings. The fourth-order valence-electron chi connectivity index (χ4n) is 0.771. The molecule has 0 fully saturated rings. The van der Waals surface area contributed by atoms with Crippen molar-refractivity contribution in [3.63, 3.8) is 0 Å². The molecule has 0 N–H and O–H groups in total. The SMILES string of the molecule is C=O.COc1ccc(C)cc1Cl. The van der Waals surface area contributed by atoms with Gasteiger partial charge in [-0.2, -0.15) is 0 Å². The highest BCUT2D eigenvalue weighted by atomic mass is 35.5. The molecular weight excluding hydrogens is 176 g/mol. The van der Waals surface area contributed by atoms with Gasteiger partial charge < -0.3 is 9.53 Å². The maximum Gasteiger partial charge on any atom is 0.137 e. The van der Waals surface area contributed by atoms with Crippen LogP contribution < -0.4 is 4.74 Å². The van der Waals surface area contributed by atoms with Crippen LogP contribution in [0.3, 0.4) is 0 Å². The highest BCUT2D eigenvalue weighted by molar-refractivity contribution is 6.32. The molecule has 0 spiro atoms. The zero-order valence-electron chi connectivity index (χ0n) is 7.13. The summed E-state index contributed by atoms with van der Waals surface area (Å²) in [6.45, 7) is 3.99. The van der Waals surface area contributed by atoms with E-state index in [9.17, 15) is 0 Å². The van der Waals surface area contributed by atoms with Crippen molar-refractivity contribution >= 4 is 18.4 Å². The normalized spacial score (nSPS) is 8.25. The number of halogens is 1. The van der Waals surface area contributed by atoms with Gasteiger partial charge in [0.15, 0.2) is 0 Å². The topological polar surface area (TPSA) is 26.3 Å². The molecule has 66 valence electrons. The van der Waals surface area contributed by atoms with Gasteiger partial charge in [0.2, 0.25) is 0 Å². The van der Waals surface area contributed by atoms with Crippen LogP contribution in [0.4, 0.5) is 0 Å². The molecule has 0 aromatic heterocycles. The number of carbonyl (C=O) groups is 1. The van der Waals surface area contributed by atoms with Crippen LogP contribution in [0, 0.1) is 6.92 Å². The van der Waals surface area contributed by atoms with Crippen LogP contribution in [0.2, 0.25) is 5.02 Å². The maximum absolute atomic E-state index is 8.00. The predicted octanol–water partition coefficient (Wildman–Crippen LogP) is 2.47. The molecule has 0 bridgehead atoms. The summed E-state index contributed by atoms with van der Waals surface area (Å²) in [6.07, 6.45) is 0. The molecule has 0 amide bonds. The predicted molar refractivity (Wildman–Crippen MR) is 49.9 cm³/mol. The van der Waals surface area contributed by atoms with E-state index in [1.54, 1.807) is 7.11 Å². The first kappa shape index (κ1) is 11.0. The van der Waals surface area contributed by atoms with Crippen LogP contribution in [0.25, 0.3) is 0 Å². The van der Waals surface area contributed by atoms with Gasteiger partial charge in [-0.15, -0.1) is 0 Å². The van der Waals surface area contributed by atoms with Gasteiger partial charge in [0.05, 0.1) is 12.1 Å². The van der Waals surface area contributed by atoms with Gasteiger partial charge >= 0.3 is 0 Å². The van der Waals surface area contributed by atoms with E-state index in [0.29, 0.717) is 5.02 Å². The molecule has 3 heteroatoms. The molecule has 0 aliphatic rings. The first-order chi connectivity index (χ1) is 5.74. The third-order valence-corrected chi connectivity index (χ3v) is 1.60. The molecule has 1 rings (SSSR count). The lowest BCUT2D eigenvalue weighted by Crippen LogP contribution is -1.83. The molecule has 0 saturated carbocycles. The lowest BCUT2D eigenvalue weighted by Gasteiger charge is -2.01. The van der Waals surface area contributed by atoms with E-state index in [1.807, 2.05) is 31.9 Å². The van der Waals surface area contributed by atoms with Gasteiger partial charge in [0, 0.05) is 0 Å². The van der Waals surface area contributed by atoms with E-state index >= 15 is 0 Å². The van der Waals surface area contributed by atoms with E-state index < -0.39 is 0 Å². The number of methoxy groups -OCH3 is 1. The monoisotopic (exact) mass is 186 g/mol. The quantitative estimate of drug-likeness (QED) is 0.674. The minimum Gasteiger partial charge on any atom is -0.495 e. The average molecular weight is 187 g/mol. The number of hydrogen-bond donors (Lipinski definition) is 0. The van der Waals surface area contributed by atoms with Crippen molar-refractivity contribution in [2.75, 3.05) is 7.11 Å². The largest absolute Gasteiger partial charge is 0.495 e. The number of aryl methyl sites for hydroxylation is 1. The van der Waals surface area contributed by atoms with Crippen molar-refractivity contribution in [3.05, 3.63) is 28.8 Å². The minimum atomic E-state index is 0.669. The van der Waals surface area contributed by atoms with Crippen LogP contribution >= 0.6 is 11.6 Å². The Morgan fingerprint density at radius 1 is 1.42 bits per heavy atom. The summed E-state index contributed by atoms with van der Waals surface area (Å²) < 4.78 is 4.97. The van der Waals surface area contributed by atoms with E-state index in [0.717, 1.165) is 11.3 Å². The number of carbonyl (C=O) groups excluding carboxylic acids is 1. The third kappa shape index (κ3) is 2.93. The molecule has 0 aliphatic heterocycles. The van der Waals surface area contributed by atoms with Crippen LogP contribution in [0.15, 0.2) is 18.2 Å². The molecule has 2 nitrogen and oxygen atoms in total. The Labute approximate surface area is 77.1 Å². The van der Waals surface area contributed by atoms with Crippen molar-refractivity contribution in [1.82, 2.24) is 0 Å². The second kappa shape index (κ2) is 5.61. The zero-order valence-corrected chi connectivity index (χ0v) is 7.89. The van der Waals surface area contributed by atoms with E-state index in [4.69, 9.17) is 21.1 Å². The van der Waals surface area contributed by atoms with Crippen molar-refractivity contribution in [3.8, 4) is 5.75 Å². The van der Waals surface area contributed by atoms with Crippen molar-refractivity contribution in [2.24, 2.45) is 0 Å². The summed E-state index contributed by atoms with van der Waals surface area (Å²) in [6, 6.07) is 5.70. The van der Waals surface area contributed by atoms with Gasteiger partial charge in [-0.3, -0.25) is 0 Å². The summed E-state index contributed by atoms with van der Waals surface area (Å²) in [5.41, 5.74) is 1.14. The molecule has 1 aromatic carbocycles. The standard InChI is InChI=1S/C8H9ClO.CH2O/c1-6-3-4-8(10-2)7(9)5-6;1-2/h3-5H,1-2H3;1H2. The van der Waals surface area contributed by atoms with Crippen LogP contribution in [-0.4, -0.2) is 13.9 Å². The van der Waals surface area contributed by atoms with Gasteiger partial charge in [0.25, 0.3) is 0 Å².